The van der Waals surface area contributed by atoms with Gasteiger partial charge < -0.3 is 19.3 Å². The lowest BCUT2D eigenvalue weighted by Gasteiger charge is -2.13. The summed E-state index contributed by atoms with van der Waals surface area (Å²) in [6, 6.07) is 3.66. The Labute approximate surface area is 113 Å². The summed E-state index contributed by atoms with van der Waals surface area (Å²) in [4.78, 5) is 10.5. The Morgan fingerprint density at radius 3 is 2.11 bits per heavy atom. The number of aliphatic carboxylic acids is 1. The van der Waals surface area contributed by atoms with Gasteiger partial charge in [0.05, 0.1) is 21.3 Å². The van der Waals surface area contributed by atoms with Gasteiger partial charge in [0, 0.05) is 12.5 Å². The molecule has 0 amide bonds. The number of carboxylic acid groups (broad SMARTS) is 1. The van der Waals surface area contributed by atoms with Crippen molar-refractivity contribution in [1.29, 1.82) is 0 Å². The number of hydrogen-bond donors (Lipinski definition) is 1. The van der Waals surface area contributed by atoms with E-state index in [1.54, 1.807) is 27.4 Å². The first kappa shape index (κ1) is 15.1. The average Bonchev–Trinajstić information content (AvgIpc) is 2.42. The van der Waals surface area contributed by atoms with E-state index in [9.17, 15) is 4.79 Å². The van der Waals surface area contributed by atoms with Crippen LogP contribution in [0.3, 0.4) is 0 Å². The van der Waals surface area contributed by atoms with Gasteiger partial charge >= 0.3 is 5.97 Å². The van der Waals surface area contributed by atoms with E-state index in [2.05, 4.69) is 0 Å². The van der Waals surface area contributed by atoms with E-state index < -0.39 is 5.97 Å². The van der Waals surface area contributed by atoms with Gasteiger partial charge in [-0.05, 0) is 30.9 Å². The summed E-state index contributed by atoms with van der Waals surface area (Å²) in [6.07, 6.45) is 2.37. The highest BCUT2D eigenvalue weighted by Crippen LogP contribution is 2.35. The van der Waals surface area contributed by atoms with E-state index >= 15 is 0 Å². The van der Waals surface area contributed by atoms with E-state index in [0.29, 0.717) is 17.9 Å². The van der Waals surface area contributed by atoms with Crippen LogP contribution in [0.2, 0.25) is 0 Å². The van der Waals surface area contributed by atoms with Crippen molar-refractivity contribution in [3.05, 3.63) is 17.7 Å². The molecule has 1 N–H and O–H groups in total. The molecule has 106 valence electrons. The third kappa shape index (κ3) is 4.35. The molecule has 0 spiro atoms. The van der Waals surface area contributed by atoms with Gasteiger partial charge in [0.25, 0.3) is 0 Å². The predicted octanol–water partition coefficient (Wildman–Crippen LogP) is 2.51. The lowest BCUT2D eigenvalue weighted by molar-refractivity contribution is -0.137. The molecule has 0 aliphatic heterocycles. The first-order chi connectivity index (χ1) is 9.12. The second kappa shape index (κ2) is 7.51. The standard InChI is InChI=1S/C14H20O5/c1-17-11-9-13(19-3)12(18-2)8-10(11)6-4-5-7-14(15)16/h8-9H,4-7H2,1-3H3,(H,15,16). The highest BCUT2D eigenvalue weighted by Gasteiger charge is 2.11. The smallest absolute Gasteiger partial charge is 0.303 e. The molecule has 0 radical (unpaired) electrons. The number of benzene rings is 1. The van der Waals surface area contributed by atoms with Crippen molar-refractivity contribution in [3.63, 3.8) is 0 Å². The van der Waals surface area contributed by atoms with E-state index in [1.165, 1.54) is 0 Å². The fraction of sp³-hybridized carbons (Fsp3) is 0.500. The van der Waals surface area contributed by atoms with Crippen molar-refractivity contribution in [1.82, 2.24) is 0 Å². The van der Waals surface area contributed by atoms with Crippen molar-refractivity contribution >= 4 is 5.97 Å². The summed E-state index contributed by atoms with van der Waals surface area (Å²) in [5, 5.41) is 8.60. The number of rotatable bonds is 8. The molecule has 0 aliphatic rings. The molecule has 0 bridgehead atoms. The number of ether oxygens (including phenoxy) is 3. The van der Waals surface area contributed by atoms with Crippen LogP contribution >= 0.6 is 0 Å². The second-order valence-electron chi connectivity index (χ2n) is 4.12. The Kier molecular flexibility index (Phi) is 5.99. The zero-order chi connectivity index (χ0) is 14.3. The molecule has 0 aliphatic carbocycles. The topological polar surface area (TPSA) is 65.0 Å². The van der Waals surface area contributed by atoms with E-state index in [1.807, 2.05) is 6.07 Å². The quantitative estimate of drug-likeness (QED) is 0.734. The minimum Gasteiger partial charge on any atom is -0.496 e. The van der Waals surface area contributed by atoms with Crippen LogP contribution in [0.15, 0.2) is 12.1 Å². The van der Waals surface area contributed by atoms with Gasteiger partial charge in [-0.1, -0.05) is 0 Å². The van der Waals surface area contributed by atoms with Gasteiger partial charge in [-0.2, -0.15) is 0 Å². The van der Waals surface area contributed by atoms with E-state index in [0.717, 1.165) is 24.2 Å². The molecule has 1 aromatic rings. The lowest BCUT2D eigenvalue weighted by atomic mass is 10.0. The van der Waals surface area contributed by atoms with E-state index in [-0.39, 0.29) is 6.42 Å². The largest absolute Gasteiger partial charge is 0.496 e. The first-order valence-corrected chi connectivity index (χ1v) is 6.13. The number of unbranched alkanes of at least 4 members (excludes halogenated alkanes) is 1. The number of carbonyl (C=O) groups is 1. The Morgan fingerprint density at radius 2 is 1.58 bits per heavy atom. The van der Waals surface area contributed by atoms with Gasteiger partial charge in [0.15, 0.2) is 11.5 Å². The van der Waals surface area contributed by atoms with Crippen molar-refractivity contribution < 1.29 is 24.1 Å². The Morgan fingerprint density at radius 1 is 1.00 bits per heavy atom. The molecule has 0 atom stereocenters. The van der Waals surface area contributed by atoms with E-state index in [4.69, 9.17) is 19.3 Å². The minimum absolute atomic E-state index is 0.190. The molecule has 0 aromatic heterocycles. The van der Waals surface area contributed by atoms with Crippen molar-refractivity contribution in [3.8, 4) is 17.2 Å². The molecule has 0 saturated heterocycles. The minimum atomic E-state index is -0.765. The second-order valence-corrected chi connectivity index (χ2v) is 4.12. The summed E-state index contributed by atoms with van der Waals surface area (Å²) in [7, 11) is 4.75. The third-order valence-electron chi connectivity index (χ3n) is 2.87. The number of carboxylic acids is 1. The number of methoxy groups -OCH3 is 3. The Hall–Kier alpha value is -1.91. The van der Waals surface area contributed by atoms with Crippen LogP contribution in [-0.2, 0) is 11.2 Å². The molecule has 5 nitrogen and oxygen atoms in total. The van der Waals surface area contributed by atoms with Crippen molar-refractivity contribution in [2.75, 3.05) is 21.3 Å². The maximum atomic E-state index is 10.5. The van der Waals surface area contributed by atoms with Crippen LogP contribution < -0.4 is 14.2 Å². The van der Waals surface area contributed by atoms with Gasteiger partial charge in [-0.25, -0.2) is 0 Å². The predicted molar refractivity (Wildman–Crippen MR) is 71.3 cm³/mol. The van der Waals surface area contributed by atoms with Gasteiger partial charge in [-0.15, -0.1) is 0 Å². The molecule has 0 heterocycles. The highest BCUT2D eigenvalue weighted by atomic mass is 16.5. The molecule has 0 fully saturated rings. The fourth-order valence-corrected chi connectivity index (χ4v) is 1.88. The molecule has 5 heteroatoms. The Bertz CT molecular complexity index is 428. The molecule has 1 rings (SSSR count). The molecule has 0 unspecified atom stereocenters. The van der Waals surface area contributed by atoms with Crippen LogP contribution in [0.1, 0.15) is 24.8 Å². The SMILES string of the molecule is COc1cc(OC)c(OC)cc1CCCCC(=O)O. The highest BCUT2D eigenvalue weighted by molar-refractivity contribution is 5.66. The van der Waals surface area contributed by atoms with Crippen molar-refractivity contribution in [2.24, 2.45) is 0 Å². The molecule has 0 saturated carbocycles. The van der Waals surface area contributed by atoms with Gasteiger partial charge in [0.1, 0.15) is 5.75 Å². The van der Waals surface area contributed by atoms with Crippen LogP contribution in [-0.4, -0.2) is 32.4 Å². The summed E-state index contributed by atoms with van der Waals surface area (Å²) in [5.74, 6) is 1.23. The third-order valence-corrected chi connectivity index (χ3v) is 2.87. The molecular formula is C14H20O5. The normalized spacial score (nSPS) is 10.1. The summed E-state index contributed by atoms with van der Waals surface area (Å²) in [6.45, 7) is 0. The van der Waals surface area contributed by atoms with Crippen LogP contribution in [0.25, 0.3) is 0 Å². The van der Waals surface area contributed by atoms with Crippen LogP contribution in [0.5, 0.6) is 17.2 Å². The molecule has 19 heavy (non-hydrogen) atoms. The Balaban J connectivity index is 2.77. The summed E-state index contributed by atoms with van der Waals surface area (Å²) in [5.41, 5.74) is 0.991. The van der Waals surface area contributed by atoms with Gasteiger partial charge in [0.2, 0.25) is 0 Å². The van der Waals surface area contributed by atoms with Gasteiger partial charge in [-0.3, -0.25) is 4.79 Å². The monoisotopic (exact) mass is 268 g/mol. The lowest BCUT2D eigenvalue weighted by Crippen LogP contribution is -1.99. The first-order valence-electron chi connectivity index (χ1n) is 6.13. The molecule has 1 aromatic carbocycles. The van der Waals surface area contributed by atoms with Crippen LogP contribution in [0.4, 0.5) is 0 Å². The zero-order valence-corrected chi connectivity index (χ0v) is 11.6. The average molecular weight is 268 g/mol. The number of aryl methyl sites for hydroxylation is 1. The summed E-state index contributed by atoms with van der Waals surface area (Å²) >= 11 is 0. The van der Waals surface area contributed by atoms with Crippen LogP contribution in [0, 0.1) is 0 Å². The summed E-state index contributed by atoms with van der Waals surface area (Å²) < 4.78 is 15.8. The maximum Gasteiger partial charge on any atom is 0.303 e. The van der Waals surface area contributed by atoms with Crippen molar-refractivity contribution in [2.45, 2.75) is 25.7 Å². The maximum absolute atomic E-state index is 10.5. The zero-order valence-electron chi connectivity index (χ0n) is 11.6. The number of hydrogen-bond acceptors (Lipinski definition) is 4. The molecular weight excluding hydrogens is 248 g/mol. The fourth-order valence-electron chi connectivity index (χ4n) is 1.88.